The number of hydrogen-bond acceptors (Lipinski definition) is 3. The van der Waals surface area contributed by atoms with Gasteiger partial charge in [0.15, 0.2) is 0 Å². The summed E-state index contributed by atoms with van der Waals surface area (Å²) in [6, 6.07) is 9.15. The maximum Gasteiger partial charge on any atom is 0.233 e. The van der Waals surface area contributed by atoms with Crippen molar-refractivity contribution in [2.24, 2.45) is 0 Å². The molecule has 0 bridgehead atoms. The van der Waals surface area contributed by atoms with Crippen LogP contribution in [0.3, 0.4) is 0 Å². The third-order valence-electron chi connectivity index (χ3n) is 6.39. The summed E-state index contributed by atoms with van der Waals surface area (Å²) in [7, 11) is 0. The van der Waals surface area contributed by atoms with Gasteiger partial charge in [0.2, 0.25) is 11.8 Å². The normalized spacial score (nSPS) is 20.3. The molecule has 0 fully saturated rings. The fourth-order valence-corrected chi connectivity index (χ4v) is 5.43. The van der Waals surface area contributed by atoms with Crippen LogP contribution in [0.25, 0.3) is 0 Å². The zero-order valence-electron chi connectivity index (χ0n) is 17.7. The van der Waals surface area contributed by atoms with Crippen LogP contribution in [-0.2, 0) is 22.4 Å². The van der Waals surface area contributed by atoms with Gasteiger partial charge in [-0.05, 0) is 73.2 Å². The number of hydrogen-bond donors (Lipinski definition) is 0. The van der Waals surface area contributed by atoms with Crippen LogP contribution in [0, 0.1) is 11.6 Å². The van der Waals surface area contributed by atoms with E-state index in [9.17, 15) is 18.4 Å². The molecule has 4 rings (SSSR count). The van der Waals surface area contributed by atoms with Crippen LogP contribution < -0.4 is 0 Å². The highest BCUT2D eigenvalue weighted by Gasteiger charge is 2.30. The molecule has 2 amide bonds. The van der Waals surface area contributed by atoms with Crippen LogP contribution >= 0.6 is 11.8 Å². The first-order valence-electron chi connectivity index (χ1n) is 10.6. The summed E-state index contributed by atoms with van der Waals surface area (Å²) in [6.45, 7) is 5.02. The zero-order valence-corrected chi connectivity index (χ0v) is 18.6. The average Bonchev–Trinajstić information content (AvgIpc) is 2.75. The number of rotatable bonds is 4. The Balaban J connectivity index is 1.32. The summed E-state index contributed by atoms with van der Waals surface area (Å²) in [5, 5.41) is 0. The number of carbonyl (C=O) groups excluding carboxylic acids is 2. The van der Waals surface area contributed by atoms with E-state index in [1.54, 1.807) is 21.9 Å². The number of halogens is 2. The molecule has 164 valence electrons. The lowest BCUT2D eigenvalue weighted by Gasteiger charge is -2.36. The molecule has 2 heterocycles. The second-order valence-corrected chi connectivity index (χ2v) is 9.19. The maximum absolute atomic E-state index is 13.6. The lowest BCUT2D eigenvalue weighted by molar-refractivity contribution is -0.131. The van der Waals surface area contributed by atoms with Crippen molar-refractivity contribution in [1.29, 1.82) is 0 Å². The molecular weight excluding hydrogens is 418 g/mol. The van der Waals surface area contributed by atoms with E-state index in [2.05, 4.69) is 0 Å². The molecule has 31 heavy (non-hydrogen) atoms. The minimum Gasteiger partial charge on any atom is -0.335 e. The van der Waals surface area contributed by atoms with E-state index in [4.69, 9.17) is 0 Å². The molecule has 4 nitrogen and oxygen atoms in total. The average molecular weight is 445 g/mol. The van der Waals surface area contributed by atoms with E-state index in [0.717, 1.165) is 22.3 Å². The molecule has 0 aliphatic carbocycles. The summed E-state index contributed by atoms with van der Waals surface area (Å²) in [5.74, 6) is -0.268. The molecule has 0 aromatic heterocycles. The molecule has 2 aliphatic heterocycles. The van der Waals surface area contributed by atoms with E-state index < -0.39 is 0 Å². The SMILES string of the molecule is CC1c2cc(F)ccc2CCN1C(=O)CSCC(=O)N1CCc2ccc(F)cc2C1C. The van der Waals surface area contributed by atoms with Crippen LogP contribution in [0.1, 0.15) is 48.2 Å². The highest BCUT2D eigenvalue weighted by atomic mass is 32.2. The van der Waals surface area contributed by atoms with E-state index in [0.29, 0.717) is 25.9 Å². The fourth-order valence-electron chi connectivity index (χ4n) is 4.64. The minimum absolute atomic E-state index is 0.0423. The second-order valence-electron chi connectivity index (χ2n) is 8.21. The maximum atomic E-state index is 13.6. The van der Waals surface area contributed by atoms with Crippen molar-refractivity contribution in [3.8, 4) is 0 Å². The lowest BCUT2D eigenvalue weighted by Crippen LogP contribution is -2.41. The highest BCUT2D eigenvalue weighted by Crippen LogP contribution is 2.32. The van der Waals surface area contributed by atoms with Crippen LogP contribution in [0.15, 0.2) is 36.4 Å². The zero-order chi connectivity index (χ0) is 22.1. The van der Waals surface area contributed by atoms with E-state index >= 15 is 0 Å². The molecule has 0 saturated heterocycles. The molecule has 2 aromatic carbocycles. The topological polar surface area (TPSA) is 40.6 Å². The molecule has 2 unspecified atom stereocenters. The molecule has 0 saturated carbocycles. The van der Waals surface area contributed by atoms with Gasteiger partial charge in [-0.1, -0.05) is 12.1 Å². The van der Waals surface area contributed by atoms with Gasteiger partial charge >= 0.3 is 0 Å². The first-order chi connectivity index (χ1) is 14.8. The van der Waals surface area contributed by atoms with Gasteiger partial charge in [-0.2, -0.15) is 0 Å². The van der Waals surface area contributed by atoms with Gasteiger partial charge in [-0.15, -0.1) is 11.8 Å². The van der Waals surface area contributed by atoms with Crippen LogP contribution in [0.2, 0.25) is 0 Å². The Bertz CT molecular complexity index is 934. The Morgan fingerprint density at radius 2 is 1.26 bits per heavy atom. The molecular formula is C24H26F2N2O2S. The van der Waals surface area contributed by atoms with Crippen molar-refractivity contribution < 1.29 is 18.4 Å². The Hall–Kier alpha value is -2.41. The summed E-state index contributed by atoms with van der Waals surface area (Å²) in [6.07, 6.45) is 1.41. The standard InChI is InChI=1S/C24H26F2N2O2S/c1-15-21-11-19(25)5-3-17(21)7-9-27(15)23(29)13-31-14-24(30)28-10-8-18-4-6-20(26)12-22(18)16(28)2/h3-6,11-12,15-16H,7-10,13-14H2,1-2H3. The number of benzene rings is 2. The smallest absolute Gasteiger partial charge is 0.233 e. The number of amides is 2. The number of fused-ring (bicyclic) bond motifs is 2. The van der Waals surface area contributed by atoms with Gasteiger partial charge in [0.05, 0.1) is 23.6 Å². The third kappa shape index (κ3) is 4.47. The van der Waals surface area contributed by atoms with Crippen molar-refractivity contribution in [3.63, 3.8) is 0 Å². The first kappa shape index (κ1) is 21.8. The monoisotopic (exact) mass is 444 g/mol. The molecule has 0 spiro atoms. The van der Waals surface area contributed by atoms with E-state index in [1.165, 1.54) is 36.0 Å². The number of nitrogens with zero attached hydrogens (tertiary/aromatic N) is 2. The van der Waals surface area contributed by atoms with Gasteiger partial charge in [-0.3, -0.25) is 9.59 Å². The molecule has 0 radical (unpaired) electrons. The first-order valence-corrected chi connectivity index (χ1v) is 11.7. The third-order valence-corrected chi connectivity index (χ3v) is 7.29. The lowest BCUT2D eigenvalue weighted by atomic mass is 9.93. The summed E-state index contributed by atoms with van der Waals surface area (Å²) >= 11 is 1.30. The summed E-state index contributed by atoms with van der Waals surface area (Å²) in [5.41, 5.74) is 3.87. The number of carbonyl (C=O) groups is 2. The second kappa shape index (κ2) is 8.99. The Labute approximate surface area is 185 Å². The molecule has 2 aliphatic rings. The van der Waals surface area contributed by atoms with Gasteiger partial charge in [0.1, 0.15) is 11.6 Å². The molecule has 7 heteroatoms. The predicted molar refractivity (Wildman–Crippen MR) is 118 cm³/mol. The fraction of sp³-hybridized carbons (Fsp3) is 0.417. The van der Waals surface area contributed by atoms with Crippen molar-refractivity contribution >= 4 is 23.6 Å². The van der Waals surface area contributed by atoms with E-state index in [1.807, 2.05) is 13.8 Å². The predicted octanol–water partition coefficient (Wildman–Crippen LogP) is 4.29. The van der Waals surface area contributed by atoms with Crippen molar-refractivity contribution in [1.82, 2.24) is 9.80 Å². The van der Waals surface area contributed by atoms with Crippen molar-refractivity contribution in [3.05, 3.63) is 70.3 Å². The van der Waals surface area contributed by atoms with Gasteiger partial charge < -0.3 is 9.80 Å². The number of thioether (sulfide) groups is 1. The highest BCUT2D eigenvalue weighted by molar-refractivity contribution is 8.00. The van der Waals surface area contributed by atoms with Crippen LogP contribution in [0.5, 0.6) is 0 Å². The largest absolute Gasteiger partial charge is 0.335 e. The summed E-state index contributed by atoms with van der Waals surface area (Å²) in [4.78, 5) is 29.1. The van der Waals surface area contributed by atoms with Crippen LogP contribution in [-0.4, -0.2) is 46.2 Å². The summed E-state index contributed by atoms with van der Waals surface area (Å²) < 4.78 is 27.3. The molecule has 2 aromatic rings. The minimum atomic E-state index is -0.294. The van der Waals surface area contributed by atoms with E-state index in [-0.39, 0.29) is 47.0 Å². The molecule has 0 N–H and O–H groups in total. The van der Waals surface area contributed by atoms with Crippen molar-refractivity contribution in [2.45, 2.75) is 38.8 Å². The molecule has 2 atom stereocenters. The van der Waals surface area contributed by atoms with Crippen molar-refractivity contribution in [2.75, 3.05) is 24.6 Å². The quantitative estimate of drug-likeness (QED) is 0.707. The Kier molecular flexibility index (Phi) is 6.32. The Morgan fingerprint density at radius 3 is 1.68 bits per heavy atom. The van der Waals surface area contributed by atoms with Gasteiger partial charge in [0, 0.05) is 13.1 Å². The Morgan fingerprint density at radius 1 is 0.839 bits per heavy atom. The van der Waals surface area contributed by atoms with Gasteiger partial charge in [0.25, 0.3) is 0 Å². The van der Waals surface area contributed by atoms with Gasteiger partial charge in [-0.25, -0.2) is 8.78 Å². The van der Waals surface area contributed by atoms with Crippen LogP contribution in [0.4, 0.5) is 8.78 Å².